The van der Waals surface area contributed by atoms with Crippen LogP contribution in [0.4, 0.5) is 5.69 Å². The Morgan fingerprint density at radius 1 is 0.893 bits per heavy atom. The lowest BCUT2D eigenvalue weighted by Gasteiger charge is -2.10. The van der Waals surface area contributed by atoms with E-state index in [0.29, 0.717) is 18.1 Å². The average Bonchev–Trinajstić information content (AvgIpc) is 2.73. The zero-order valence-corrected chi connectivity index (χ0v) is 16.5. The van der Waals surface area contributed by atoms with Crippen molar-refractivity contribution in [2.75, 3.05) is 11.9 Å². The molecule has 0 aliphatic heterocycles. The van der Waals surface area contributed by atoms with Gasteiger partial charge in [-0.2, -0.15) is 0 Å². The fraction of sp³-hybridized carbons (Fsp3) is 0.240. The Bertz CT molecular complexity index is 869. The molecule has 0 atom stereocenters. The summed E-state index contributed by atoms with van der Waals surface area (Å²) >= 11 is 0. The molecule has 3 aromatic carbocycles. The first-order valence-corrected chi connectivity index (χ1v) is 9.80. The summed E-state index contributed by atoms with van der Waals surface area (Å²) in [6.45, 7) is 4.95. The number of ether oxygens (including phenoxy) is 1. The molecule has 1 N–H and O–H groups in total. The van der Waals surface area contributed by atoms with Gasteiger partial charge in [0.05, 0.1) is 6.61 Å². The highest BCUT2D eigenvalue weighted by molar-refractivity contribution is 6.04. The molecule has 0 spiro atoms. The molecule has 3 rings (SSSR count). The van der Waals surface area contributed by atoms with Crippen LogP contribution in [-0.4, -0.2) is 12.5 Å². The summed E-state index contributed by atoms with van der Waals surface area (Å²) in [6.07, 6.45) is 1.97. The second kappa shape index (κ2) is 9.75. The van der Waals surface area contributed by atoms with Gasteiger partial charge >= 0.3 is 0 Å². The van der Waals surface area contributed by atoms with E-state index in [1.807, 2.05) is 54.6 Å². The molecule has 0 aromatic heterocycles. The van der Waals surface area contributed by atoms with Crippen LogP contribution in [0.15, 0.2) is 78.9 Å². The number of carbonyl (C=O) groups is 1. The molecular formula is C25H27NO2. The summed E-state index contributed by atoms with van der Waals surface area (Å²) in [5.74, 6) is 1.16. The standard InChI is InChI=1S/C25H27NO2/c1-19(2)21-10-12-22(13-11-21)25(27)26-23-14-16-24(17-15-23)28-18-6-9-20-7-4-3-5-8-20/h3-5,7-8,10-17,19H,6,9,18H2,1-2H3,(H,26,27). The van der Waals surface area contributed by atoms with Crippen LogP contribution in [-0.2, 0) is 6.42 Å². The third-order valence-electron chi connectivity index (χ3n) is 4.67. The number of hydrogen-bond acceptors (Lipinski definition) is 2. The van der Waals surface area contributed by atoms with E-state index < -0.39 is 0 Å². The maximum Gasteiger partial charge on any atom is 0.255 e. The largest absolute Gasteiger partial charge is 0.494 e. The Balaban J connectivity index is 1.46. The third kappa shape index (κ3) is 5.71. The smallest absolute Gasteiger partial charge is 0.255 e. The lowest BCUT2D eigenvalue weighted by molar-refractivity contribution is 0.102. The molecule has 0 heterocycles. The van der Waals surface area contributed by atoms with E-state index in [4.69, 9.17) is 4.74 Å². The van der Waals surface area contributed by atoms with Crippen molar-refractivity contribution in [3.05, 3.63) is 95.6 Å². The predicted octanol–water partition coefficient (Wildman–Crippen LogP) is 6.07. The quantitative estimate of drug-likeness (QED) is 0.486. The van der Waals surface area contributed by atoms with Crippen LogP contribution in [0.2, 0.25) is 0 Å². The van der Waals surface area contributed by atoms with Crippen LogP contribution in [0.3, 0.4) is 0 Å². The number of benzene rings is 3. The van der Waals surface area contributed by atoms with Crippen molar-refractivity contribution in [3.63, 3.8) is 0 Å². The number of carbonyl (C=O) groups excluding carboxylic acids is 1. The summed E-state index contributed by atoms with van der Waals surface area (Å²) in [5, 5.41) is 2.93. The van der Waals surface area contributed by atoms with Crippen LogP contribution < -0.4 is 10.1 Å². The Morgan fingerprint density at radius 2 is 1.57 bits per heavy atom. The van der Waals surface area contributed by atoms with E-state index in [-0.39, 0.29) is 5.91 Å². The summed E-state index contributed by atoms with van der Waals surface area (Å²) < 4.78 is 5.80. The molecule has 0 radical (unpaired) electrons. The van der Waals surface area contributed by atoms with E-state index in [0.717, 1.165) is 24.3 Å². The Hall–Kier alpha value is -3.07. The van der Waals surface area contributed by atoms with E-state index in [1.54, 1.807) is 0 Å². The Kier molecular flexibility index (Phi) is 6.85. The van der Waals surface area contributed by atoms with Crippen LogP contribution in [0, 0.1) is 0 Å². The number of rotatable bonds is 8. The number of amides is 1. The first-order chi connectivity index (χ1) is 13.6. The lowest BCUT2D eigenvalue weighted by Crippen LogP contribution is -2.11. The summed E-state index contributed by atoms with van der Waals surface area (Å²) in [5.41, 5.74) is 3.97. The fourth-order valence-corrected chi connectivity index (χ4v) is 2.97. The molecule has 0 unspecified atom stereocenters. The van der Waals surface area contributed by atoms with E-state index in [1.165, 1.54) is 11.1 Å². The van der Waals surface area contributed by atoms with Gasteiger partial charge in [-0.05, 0) is 66.3 Å². The van der Waals surface area contributed by atoms with Crippen LogP contribution in [0.1, 0.15) is 47.7 Å². The Morgan fingerprint density at radius 3 is 2.21 bits per heavy atom. The molecule has 0 saturated heterocycles. The number of aryl methyl sites for hydroxylation is 1. The highest BCUT2D eigenvalue weighted by Crippen LogP contribution is 2.18. The molecule has 1 amide bonds. The SMILES string of the molecule is CC(C)c1ccc(C(=O)Nc2ccc(OCCCc3ccccc3)cc2)cc1. The van der Waals surface area contributed by atoms with Gasteiger partial charge < -0.3 is 10.1 Å². The van der Waals surface area contributed by atoms with Crippen molar-refractivity contribution in [1.82, 2.24) is 0 Å². The van der Waals surface area contributed by atoms with Gasteiger partial charge in [-0.25, -0.2) is 0 Å². The summed E-state index contributed by atoms with van der Waals surface area (Å²) in [7, 11) is 0. The van der Waals surface area contributed by atoms with Crippen LogP contribution in [0.5, 0.6) is 5.75 Å². The molecule has 28 heavy (non-hydrogen) atoms. The molecule has 144 valence electrons. The van der Waals surface area contributed by atoms with Crippen molar-refractivity contribution < 1.29 is 9.53 Å². The van der Waals surface area contributed by atoms with Gasteiger partial charge in [0.2, 0.25) is 0 Å². The lowest BCUT2D eigenvalue weighted by atomic mass is 10.0. The minimum absolute atomic E-state index is 0.105. The minimum Gasteiger partial charge on any atom is -0.494 e. The van der Waals surface area contributed by atoms with Crippen molar-refractivity contribution in [1.29, 1.82) is 0 Å². The zero-order valence-electron chi connectivity index (χ0n) is 16.5. The first kappa shape index (κ1) is 19.7. The van der Waals surface area contributed by atoms with E-state index in [9.17, 15) is 4.79 Å². The van der Waals surface area contributed by atoms with E-state index >= 15 is 0 Å². The van der Waals surface area contributed by atoms with Crippen molar-refractivity contribution >= 4 is 11.6 Å². The molecule has 3 aromatic rings. The number of nitrogens with one attached hydrogen (secondary N) is 1. The molecule has 0 saturated carbocycles. The van der Waals surface area contributed by atoms with Crippen LogP contribution in [0.25, 0.3) is 0 Å². The molecule has 3 heteroatoms. The van der Waals surface area contributed by atoms with Gasteiger partial charge in [-0.3, -0.25) is 4.79 Å². The van der Waals surface area contributed by atoms with Gasteiger partial charge in [0.25, 0.3) is 5.91 Å². The molecule has 0 bridgehead atoms. The second-order valence-corrected chi connectivity index (χ2v) is 7.19. The highest BCUT2D eigenvalue weighted by atomic mass is 16.5. The third-order valence-corrected chi connectivity index (χ3v) is 4.67. The first-order valence-electron chi connectivity index (χ1n) is 9.80. The number of anilines is 1. The zero-order chi connectivity index (χ0) is 19.8. The highest BCUT2D eigenvalue weighted by Gasteiger charge is 2.07. The predicted molar refractivity (Wildman–Crippen MR) is 115 cm³/mol. The monoisotopic (exact) mass is 373 g/mol. The Labute approximate surface area is 167 Å². The molecule has 0 aliphatic carbocycles. The normalized spacial score (nSPS) is 10.7. The topological polar surface area (TPSA) is 38.3 Å². The van der Waals surface area contributed by atoms with E-state index in [2.05, 4.69) is 43.4 Å². The van der Waals surface area contributed by atoms with Crippen LogP contribution >= 0.6 is 0 Å². The average molecular weight is 373 g/mol. The molecule has 3 nitrogen and oxygen atoms in total. The van der Waals surface area contributed by atoms with Crippen molar-refractivity contribution in [2.45, 2.75) is 32.6 Å². The summed E-state index contributed by atoms with van der Waals surface area (Å²) in [6, 6.07) is 25.7. The van der Waals surface area contributed by atoms with Gasteiger partial charge in [0, 0.05) is 11.3 Å². The number of hydrogen-bond donors (Lipinski definition) is 1. The molecule has 0 aliphatic rings. The van der Waals surface area contributed by atoms with Crippen molar-refractivity contribution in [2.24, 2.45) is 0 Å². The van der Waals surface area contributed by atoms with Gasteiger partial charge in [-0.15, -0.1) is 0 Å². The van der Waals surface area contributed by atoms with Crippen molar-refractivity contribution in [3.8, 4) is 5.75 Å². The summed E-state index contributed by atoms with van der Waals surface area (Å²) in [4.78, 5) is 12.4. The van der Waals surface area contributed by atoms with Gasteiger partial charge in [0.15, 0.2) is 0 Å². The fourth-order valence-electron chi connectivity index (χ4n) is 2.97. The maximum absolute atomic E-state index is 12.4. The second-order valence-electron chi connectivity index (χ2n) is 7.19. The molecule has 0 fully saturated rings. The minimum atomic E-state index is -0.105. The maximum atomic E-state index is 12.4. The van der Waals surface area contributed by atoms with Gasteiger partial charge in [-0.1, -0.05) is 56.3 Å². The molecular weight excluding hydrogens is 346 g/mol. The van der Waals surface area contributed by atoms with Gasteiger partial charge in [0.1, 0.15) is 5.75 Å².